The molecule has 2 fully saturated rings. The van der Waals surface area contributed by atoms with Crippen molar-refractivity contribution in [1.29, 1.82) is 0 Å². The molecule has 1 aromatic carbocycles. The van der Waals surface area contributed by atoms with Crippen LogP contribution in [0.25, 0.3) is 0 Å². The molecule has 3 N–H and O–H groups in total. The van der Waals surface area contributed by atoms with E-state index in [0.717, 1.165) is 56.6 Å². The first-order valence-corrected chi connectivity index (χ1v) is 13.0. The number of allylic oxidation sites excluding steroid dienone is 1. The van der Waals surface area contributed by atoms with Gasteiger partial charge in [0.25, 0.3) is 5.91 Å². The molecule has 3 heterocycles. The zero-order chi connectivity index (χ0) is 25.7. The summed E-state index contributed by atoms with van der Waals surface area (Å²) in [5.41, 5.74) is 11.6. The van der Waals surface area contributed by atoms with E-state index in [2.05, 4.69) is 46.9 Å². The number of ether oxygens (including phenoxy) is 2. The van der Waals surface area contributed by atoms with Crippen LogP contribution < -0.4 is 11.1 Å². The number of fused-ring (bicyclic) bond motifs is 1. The molecule has 0 radical (unpaired) electrons. The summed E-state index contributed by atoms with van der Waals surface area (Å²) >= 11 is 0. The SMILES string of the molecule is C=C(/C(C)=C(\N=CN)C(=O)N1CCC(N[C@H]2CCOC[C@H]2OC)CC1)N1CCc2ccc(C)cc2C1. The van der Waals surface area contributed by atoms with Gasteiger partial charge in [0, 0.05) is 63.2 Å². The van der Waals surface area contributed by atoms with E-state index in [1.807, 2.05) is 11.8 Å². The van der Waals surface area contributed by atoms with Crippen LogP contribution in [-0.2, 0) is 27.2 Å². The minimum absolute atomic E-state index is 0.0752. The van der Waals surface area contributed by atoms with Crippen LogP contribution in [0, 0.1) is 6.92 Å². The average molecular weight is 496 g/mol. The molecule has 8 nitrogen and oxygen atoms in total. The van der Waals surface area contributed by atoms with Crippen LogP contribution in [0.5, 0.6) is 0 Å². The van der Waals surface area contributed by atoms with Gasteiger partial charge in [0.2, 0.25) is 0 Å². The zero-order valence-electron chi connectivity index (χ0n) is 22.0. The predicted octanol–water partition coefficient (Wildman–Crippen LogP) is 2.51. The number of carbonyl (C=O) groups is 1. The highest BCUT2D eigenvalue weighted by Gasteiger charge is 2.31. The highest BCUT2D eigenvalue weighted by molar-refractivity contribution is 5.95. The van der Waals surface area contributed by atoms with Crippen molar-refractivity contribution in [3.8, 4) is 0 Å². The van der Waals surface area contributed by atoms with Gasteiger partial charge in [-0.25, -0.2) is 4.99 Å². The van der Waals surface area contributed by atoms with Crippen molar-refractivity contribution in [1.82, 2.24) is 15.1 Å². The first-order chi connectivity index (χ1) is 17.4. The minimum atomic E-state index is -0.0807. The molecule has 0 unspecified atom stereocenters. The fraction of sp³-hybridized carbons (Fsp3) is 0.571. The van der Waals surface area contributed by atoms with Crippen LogP contribution >= 0.6 is 0 Å². The standard InChI is InChI=1S/C28H41N5O3/c1-19-5-6-22-7-11-33(16-23(22)15-19)21(3)20(2)27(30-18-29)28(34)32-12-8-24(9-13-32)31-25-10-14-36-17-26(25)35-4/h5-6,15,18,24-26,31H,3,7-14,16-17H2,1-2,4H3,(H2,29,30)/b27-20-/t25-,26+/m0/s1. The van der Waals surface area contributed by atoms with Crippen molar-refractivity contribution in [2.75, 3.05) is 40.0 Å². The van der Waals surface area contributed by atoms with Gasteiger partial charge in [-0.15, -0.1) is 0 Å². The first kappa shape index (κ1) is 26.4. The molecule has 1 amide bonds. The Balaban J connectivity index is 1.40. The van der Waals surface area contributed by atoms with Gasteiger partial charge >= 0.3 is 0 Å². The number of nitrogens with zero attached hydrogens (tertiary/aromatic N) is 3. The molecular formula is C28H41N5O3. The van der Waals surface area contributed by atoms with Crippen LogP contribution in [0.15, 0.2) is 46.7 Å². The van der Waals surface area contributed by atoms with Crippen LogP contribution in [0.4, 0.5) is 0 Å². The maximum absolute atomic E-state index is 13.5. The van der Waals surface area contributed by atoms with Crippen molar-refractivity contribution in [3.05, 3.63) is 58.4 Å². The summed E-state index contributed by atoms with van der Waals surface area (Å²) in [5, 5.41) is 3.74. The number of nitrogens with one attached hydrogen (secondary N) is 1. The molecule has 36 heavy (non-hydrogen) atoms. The molecule has 8 heteroatoms. The summed E-state index contributed by atoms with van der Waals surface area (Å²) in [5.74, 6) is -0.0807. The van der Waals surface area contributed by atoms with E-state index in [9.17, 15) is 4.79 Å². The molecule has 0 aromatic heterocycles. The number of carbonyl (C=O) groups excluding carboxylic acids is 1. The van der Waals surface area contributed by atoms with Gasteiger partial charge in [0.05, 0.1) is 19.0 Å². The number of methoxy groups -OCH3 is 1. The van der Waals surface area contributed by atoms with Crippen molar-refractivity contribution in [2.24, 2.45) is 10.7 Å². The quantitative estimate of drug-likeness (QED) is 0.261. The van der Waals surface area contributed by atoms with Gasteiger partial charge in [-0.05, 0) is 50.7 Å². The topological polar surface area (TPSA) is 92.4 Å². The normalized spacial score (nSPS) is 24.0. The van der Waals surface area contributed by atoms with Crippen LogP contribution in [0.3, 0.4) is 0 Å². The van der Waals surface area contributed by atoms with Crippen LogP contribution in [0.2, 0.25) is 0 Å². The third-order valence-corrected chi connectivity index (χ3v) is 7.79. The Kier molecular flexibility index (Phi) is 8.82. The highest BCUT2D eigenvalue weighted by Crippen LogP contribution is 2.28. The van der Waals surface area contributed by atoms with E-state index in [-0.39, 0.29) is 18.1 Å². The Labute approximate surface area is 215 Å². The van der Waals surface area contributed by atoms with E-state index in [1.165, 1.54) is 23.0 Å². The van der Waals surface area contributed by atoms with E-state index >= 15 is 0 Å². The van der Waals surface area contributed by atoms with Crippen LogP contribution in [0.1, 0.15) is 42.9 Å². The molecule has 196 valence electrons. The molecule has 3 aliphatic rings. The number of piperidine rings is 1. The van der Waals surface area contributed by atoms with E-state index in [0.29, 0.717) is 31.4 Å². The summed E-state index contributed by atoms with van der Waals surface area (Å²) in [6.45, 7) is 12.8. The van der Waals surface area contributed by atoms with Crippen LogP contribution in [-0.4, -0.2) is 80.2 Å². The Morgan fingerprint density at radius 3 is 2.72 bits per heavy atom. The number of likely N-dealkylation sites (tertiary alicyclic amines) is 1. The second-order valence-electron chi connectivity index (χ2n) is 10.1. The first-order valence-electron chi connectivity index (χ1n) is 13.0. The van der Waals surface area contributed by atoms with Gasteiger partial charge in [0.1, 0.15) is 5.70 Å². The largest absolute Gasteiger partial charge is 0.390 e. The molecule has 3 aliphatic heterocycles. The number of amides is 1. The number of aryl methyl sites for hydroxylation is 1. The van der Waals surface area contributed by atoms with Gasteiger partial charge in [-0.2, -0.15) is 0 Å². The Morgan fingerprint density at radius 1 is 1.22 bits per heavy atom. The molecule has 0 spiro atoms. The third-order valence-electron chi connectivity index (χ3n) is 7.79. The summed E-state index contributed by atoms with van der Waals surface area (Å²) in [6.07, 6.45) is 4.97. The number of nitrogens with two attached hydrogens (primary N) is 1. The number of hydrogen-bond acceptors (Lipinski definition) is 6. The highest BCUT2D eigenvalue weighted by atomic mass is 16.5. The summed E-state index contributed by atoms with van der Waals surface area (Å²) in [7, 11) is 1.74. The third kappa shape index (κ3) is 5.99. The lowest BCUT2D eigenvalue weighted by molar-refractivity contribution is -0.128. The monoisotopic (exact) mass is 495 g/mol. The fourth-order valence-electron chi connectivity index (χ4n) is 5.51. The molecule has 0 aliphatic carbocycles. The van der Waals surface area contributed by atoms with Crippen molar-refractivity contribution < 1.29 is 14.3 Å². The summed E-state index contributed by atoms with van der Waals surface area (Å²) < 4.78 is 11.1. The molecule has 0 bridgehead atoms. The number of benzene rings is 1. The lowest BCUT2D eigenvalue weighted by Gasteiger charge is -2.38. The lowest BCUT2D eigenvalue weighted by Crippen LogP contribution is -2.54. The fourth-order valence-corrected chi connectivity index (χ4v) is 5.51. The maximum Gasteiger partial charge on any atom is 0.272 e. The smallest absolute Gasteiger partial charge is 0.272 e. The Hall–Kier alpha value is -2.68. The summed E-state index contributed by atoms with van der Waals surface area (Å²) in [6, 6.07) is 7.27. The van der Waals surface area contributed by atoms with E-state index in [4.69, 9.17) is 15.2 Å². The van der Waals surface area contributed by atoms with Gasteiger partial charge in [-0.3, -0.25) is 4.79 Å². The lowest BCUT2D eigenvalue weighted by atomic mass is 9.96. The van der Waals surface area contributed by atoms with Crippen molar-refractivity contribution in [3.63, 3.8) is 0 Å². The average Bonchev–Trinajstić information content (AvgIpc) is 2.91. The van der Waals surface area contributed by atoms with Gasteiger partial charge in [0.15, 0.2) is 0 Å². The zero-order valence-corrected chi connectivity index (χ0v) is 22.0. The van der Waals surface area contributed by atoms with E-state index < -0.39 is 0 Å². The maximum atomic E-state index is 13.5. The Morgan fingerprint density at radius 2 is 2.00 bits per heavy atom. The summed E-state index contributed by atoms with van der Waals surface area (Å²) in [4.78, 5) is 22.0. The second-order valence-corrected chi connectivity index (χ2v) is 10.1. The number of hydrogen-bond donors (Lipinski definition) is 2. The van der Waals surface area contributed by atoms with Crippen molar-refractivity contribution >= 4 is 12.2 Å². The van der Waals surface area contributed by atoms with Gasteiger partial charge in [-0.1, -0.05) is 30.3 Å². The predicted molar refractivity (Wildman–Crippen MR) is 143 cm³/mol. The molecule has 2 atom stereocenters. The van der Waals surface area contributed by atoms with Crippen molar-refractivity contribution in [2.45, 2.75) is 64.3 Å². The minimum Gasteiger partial charge on any atom is -0.390 e. The second kappa shape index (κ2) is 12.0. The van der Waals surface area contributed by atoms with Gasteiger partial charge < -0.3 is 30.3 Å². The molecule has 1 aromatic rings. The number of rotatable bonds is 7. The molecule has 0 saturated carbocycles. The molecule has 4 rings (SSSR count). The molecule has 2 saturated heterocycles. The van der Waals surface area contributed by atoms with E-state index in [1.54, 1.807) is 7.11 Å². The Bertz CT molecular complexity index is 1010. The number of aliphatic imine (C=N–C) groups is 1. The molecular weight excluding hydrogens is 454 g/mol.